The molecule has 0 amide bonds. The highest BCUT2D eigenvalue weighted by Gasteiger charge is 2.23. The Morgan fingerprint density at radius 3 is 2.64 bits per heavy atom. The van der Waals surface area contributed by atoms with Crippen LogP contribution in [0.5, 0.6) is 11.5 Å². The summed E-state index contributed by atoms with van der Waals surface area (Å²) < 4.78 is 28.0. The lowest BCUT2D eigenvalue weighted by Crippen LogP contribution is -2.27. The third kappa shape index (κ3) is 5.02. The molecule has 0 atom stereocenters. The Labute approximate surface area is 211 Å². The molecule has 190 valence electrons. The second-order valence-electron chi connectivity index (χ2n) is 7.81. The normalized spacial score (nSPS) is 12.2. The minimum Gasteiger partial charge on any atom is -0.497 e. The molecule has 0 bridgehead atoms. The highest BCUT2D eigenvalue weighted by molar-refractivity contribution is 5.77. The molecule has 0 radical (unpaired) electrons. The average Bonchev–Trinajstić information content (AvgIpc) is 3.60. The van der Waals surface area contributed by atoms with Crippen molar-refractivity contribution in [3.05, 3.63) is 66.6 Å². The Morgan fingerprint density at radius 2 is 1.97 bits per heavy atom. The van der Waals surface area contributed by atoms with Crippen molar-refractivity contribution in [3.8, 4) is 22.8 Å². The average molecular weight is 494 g/mol. The molecule has 9 nitrogen and oxygen atoms in total. The van der Waals surface area contributed by atoms with Gasteiger partial charge in [-0.05, 0) is 18.2 Å². The van der Waals surface area contributed by atoms with Crippen molar-refractivity contribution in [2.45, 2.75) is 13.8 Å². The molecule has 0 saturated heterocycles. The Morgan fingerprint density at radius 1 is 1.14 bits per heavy atom. The summed E-state index contributed by atoms with van der Waals surface area (Å²) in [4.78, 5) is 15.7. The minimum atomic E-state index is -0.513. The Bertz CT molecular complexity index is 1390. The first-order chi connectivity index (χ1) is 17.6. The van der Waals surface area contributed by atoms with Crippen LogP contribution < -0.4 is 25.0 Å². The van der Waals surface area contributed by atoms with Crippen LogP contribution in [-0.4, -0.2) is 47.0 Å². The fraction of sp³-hybridized carbons (Fsp3) is 0.269. The van der Waals surface area contributed by atoms with Crippen molar-refractivity contribution in [3.63, 3.8) is 0 Å². The maximum absolute atomic E-state index is 15.5. The monoisotopic (exact) mass is 493 g/mol. The van der Waals surface area contributed by atoms with Crippen molar-refractivity contribution >= 4 is 22.7 Å². The number of rotatable bonds is 7. The fourth-order valence-corrected chi connectivity index (χ4v) is 3.80. The highest BCUT2D eigenvalue weighted by atomic mass is 19.1. The number of benzene rings is 1. The molecule has 0 aliphatic carbocycles. The number of nitrogens with zero attached hydrogens (tertiary/aromatic N) is 5. The SMILES string of the molecule is CC.COc1cc(OC)c(F)c(N(CC2=CNCN2)c2ccc3ncc(-c4ccn(C)c4)nc3n2)c1.[HH]. The quantitative estimate of drug-likeness (QED) is 0.387. The summed E-state index contributed by atoms with van der Waals surface area (Å²) in [7, 11) is 4.90. The predicted octanol–water partition coefficient (Wildman–Crippen LogP) is 4.59. The molecular weight excluding hydrogens is 461 g/mol. The first-order valence-corrected chi connectivity index (χ1v) is 11.7. The summed E-state index contributed by atoms with van der Waals surface area (Å²) in [5.41, 5.74) is 3.91. The fourth-order valence-electron chi connectivity index (χ4n) is 3.80. The Hall–Kier alpha value is -4.34. The van der Waals surface area contributed by atoms with Gasteiger partial charge < -0.3 is 29.6 Å². The molecule has 0 unspecified atom stereocenters. The summed E-state index contributed by atoms with van der Waals surface area (Å²) in [6, 6.07) is 8.73. The second kappa shape index (κ2) is 10.9. The van der Waals surface area contributed by atoms with E-state index in [9.17, 15) is 0 Å². The molecule has 1 aromatic carbocycles. The molecule has 36 heavy (non-hydrogen) atoms. The van der Waals surface area contributed by atoms with E-state index in [4.69, 9.17) is 19.4 Å². The van der Waals surface area contributed by atoms with Crippen molar-refractivity contribution in [1.29, 1.82) is 0 Å². The predicted molar refractivity (Wildman–Crippen MR) is 141 cm³/mol. The first kappa shape index (κ1) is 24.8. The van der Waals surface area contributed by atoms with Crippen molar-refractivity contribution in [1.82, 2.24) is 30.2 Å². The van der Waals surface area contributed by atoms with Crippen molar-refractivity contribution < 1.29 is 15.3 Å². The van der Waals surface area contributed by atoms with Gasteiger partial charge in [-0.15, -0.1) is 0 Å². The minimum absolute atomic E-state index is 0. The van der Waals surface area contributed by atoms with Crippen LogP contribution >= 0.6 is 0 Å². The van der Waals surface area contributed by atoms with Crippen molar-refractivity contribution in [2.75, 3.05) is 32.3 Å². The largest absolute Gasteiger partial charge is 0.497 e. The third-order valence-electron chi connectivity index (χ3n) is 5.56. The van der Waals surface area contributed by atoms with E-state index in [1.165, 1.54) is 20.3 Å². The molecule has 1 aliphatic heterocycles. The van der Waals surface area contributed by atoms with E-state index in [1.54, 1.807) is 23.2 Å². The topological polar surface area (TPSA) is 89.4 Å². The lowest BCUT2D eigenvalue weighted by Gasteiger charge is -2.26. The molecule has 0 fully saturated rings. The number of fused-ring (bicyclic) bond motifs is 1. The molecule has 0 saturated carbocycles. The molecule has 3 aromatic heterocycles. The van der Waals surface area contributed by atoms with Gasteiger partial charge in [0, 0.05) is 50.5 Å². The number of nitrogens with one attached hydrogen (secondary N) is 2. The molecular formula is C26H32FN7O2. The number of methoxy groups -OCH3 is 2. The van der Waals surface area contributed by atoms with Gasteiger partial charge in [-0.25, -0.2) is 14.4 Å². The molecule has 0 spiro atoms. The number of pyridine rings is 1. The van der Waals surface area contributed by atoms with Gasteiger partial charge in [-0.3, -0.25) is 4.98 Å². The third-order valence-corrected chi connectivity index (χ3v) is 5.56. The van der Waals surface area contributed by atoms with E-state index >= 15 is 4.39 Å². The summed E-state index contributed by atoms with van der Waals surface area (Å²) in [5.74, 6) is 0.547. The summed E-state index contributed by atoms with van der Waals surface area (Å²) >= 11 is 0. The lowest BCUT2D eigenvalue weighted by atomic mass is 10.2. The van der Waals surface area contributed by atoms with Gasteiger partial charge >= 0.3 is 0 Å². The van der Waals surface area contributed by atoms with E-state index in [1.807, 2.05) is 56.2 Å². The van der Waals surface area contributed by atoms with Gasteiger partial charge in [0.15, 0.2) is 17.2 Å². The first-order valence-electron chi connectivity index (χ1n) is 11.7. The molecule has 4 heterocycles. The van der Waals surface area contributed by atoms with Crippen LogP contribution in [0.4, 0.5) is 15.9 Å². The van der Waals surface area contributed by atoms with E-state index in [2.05, 4.69) is 15.6 Å². The van der Waals surface area contributed by atoms with Gasteiger partial charge in [-0.1, -0.05) is 13.8 Å². The van der Waals surface area contributed by atoms with E-state index in [-0.39, 0.29) is 12.9 Å². The van der Waals surface area contributed by atoms with Crippen LogP contribution in [0, 0.1) is 5.82 Å². The second-order valence-corrected chi connectivity index (χ2v) is 7.81. The van der Waals surface area contributed by atoms with Gasteiger partial charge in [0.1, 0.15) is 17.1 Å². The van der Waals surface area contributed by atoms with E-state index in [0.717, 1.165) is 11.3 Å². The smallest absolute Gasteiger partial charge is 0.188 e. The van der Waals surface area contributed by atoms with Gasteiger partial charge in [-0.2, -0.15) is 0 Å². The van der Waals surface area contributed by atoms with Crippen LogP contribution in [0.25, 0.3) is 22.4 Å². The number of halogens is 1. The number of anilines is 2. The van der Waals surface area contributed by atoms with Gasteiger partial charge in [0.05, 0.1) is 45.0 Å². The maximum Gasteiger partial charge on any atom is 0.188 e. The lowest BCUT2D eigenvalue weighted by molar-refractivity contribution is 0.374. The Kier molecular flexibility index (Phi) is 7.53. The highest BCUT2D eigenvalue weighted by Crippen LogP contribution is 2.37. The molecule has 10 heteroatoms. The maximum atomic E-state index is 15.5. The zero-order valence-corrected chi connectivity index (χ0v) is 21.0. The van der Waals surface area contributed by atoms with E-state index < -0.39 is 5.82 Å². The summed E-state index contributed by atoms with van der Waals surface area (Å²) in [6.07, 6.45) is 7.50. The molecule has 1 aliphatic rings. The van der Waals surface area contributed by atoms with Crippen LogP contribution in [0.15, 0.2) is 60.8 Å². The molecule has 5 rings (SSSR count). The number of hydrogen-bond acceptors (Lipinski definition) is 8. The van der Waals surface area contributed by atoms with Crippen LogP contribution in [0.3, 0.4) is 0 Å². The standard InChI is InChI=1S/C24H24FN7O2.C2H6.H2/c1-31-7-6-15(12-31)19-11-27-18-4-5-22(30-24(18)29-19)32(13-16-10-26-14-28-16)20-8-17(33-2)9-21(34-3)23(20)25;1-2;/h4-12,26,28H,13-14H2,1-3H3;1-2H3;1H. The van der Waals surface area contributed by atoms with Crippen molar-refractivity contribution in [2.24, 2.45) is 7.05 Å². The number of aromatic nitrogens is 4. The number of aryl methyl sites for hydroxylation is 1. The van der Waals surface area contributed by atoms with Gasteiger partial charge in [0.25, 0.3) is 0 Å². The number of ether oxygens (including phenoxy) is 2. The molecule has 2 N–H and O–H groups in total. The summed E-state index contributed by atoms with van der Waals surface area (Å²) in [6.45, 7) is 4.94. The van der Waals surface area contributed by atoms with Gasteiger partial charge in [0.2, 0.25) is 0 Å². The van der Waals surface area contributed by atoms with Crippen LogP contribution in [0.1, 0.15) is 15.3 Å². The van der Waals surface area contributed by atoms with Crippen LogP contribution in [-0.2, 0) is 7.05 Å². The Balaban J connectivity index is 0.00000124. The zero-order valence-electron chi connectivity index (χ0n) is 21.0. The van der Waals surface area contributed by atoms with Crippen LogP contribution in [0.2, 0.25) is 0 Å². The summed E-state index contributed by atoms with van der Waals surface area (Å²) in [5, 5.41) is 6.35. The zero-order chi connectivity index (χ0) is 25.7. The molecule has 4 aromatic rings. The number of hydrogen-bond donors (Lipinski definition) is 2. The van der Waals surface area contributed by atoms with E-state index in [0.29, 0.717) is 41.6 Å².